The lowest BCUT2D eigenvalue weighted by molar-refractivity contribution is 0.0526. The third-order valence-corrected chi connectivity index (χ3v) is 7.21. The summed E-state index contributed by atoms with van der Waals surface area (Å²) in [6, 6.07) is 17.8. The summed E-state index contributed by atoms with van der Waals surface area (Å²) in [5.74, 6) is -0.0384. The maximum absolute atomic E-state index is 12.0. The van der Waals surface area contributed by atoms with Gasteiger partial charge < -0.3 is 9.84 Å². The number of hydrogen-bond donors (Lipinski definition) is 1. The number of phenolic OH excluding ortho intramolecular Hbond substituents is 1. The smallest absolute Gasteiger partial charge is 0.338 e. The van der Waals surface area contributed by atoms with Crippen LogP contribution in [0, 0.1) is 6.92 Å². The first-order chi connectivity index (χ1) is 15.5. The Balaban J connectivity index is 1.79. The summed E-state index contributed by atoms with van der Waals surface area (Å²) in [5, 5.41) is 10.8. The van der Waals surface area contributed by atoms with Crippen LogP contribution in [0.2, 0.25) is 0 Å². The van der Waals surface area contributed by atoms with Crippen molar-refractivity contribution in [3.8, 4) is 28.0 Å². The van der Waals surface area contributed by atoms with Crippen molar-refractivity contribution in [3.63, 3.8) is 0 Å². The van der Waals surface area contributed by atoms with E-state index >= 15 is 0 Å². The highest BCUT2D eigenvalue weighted by Gasteiger charge is 2.37. The predicted octanol–water partition coefficient (Wildman–Crippen LogP) is 7.56. The maximum atomic E-state index is 12.0. The van der Waals surface area contributed by atoms with Crippen LogP contribution in [0.3, 0.4) is 0 Å². The molecule has 0 aliphatic heterocycles. The van der Waals surface area contributed by atoms with Crippen molar-refractivity contribution in [1.82, 2.24) is 0 Å². The number of carbonyl (C=O) groups excluding carboxylic acids is 1. The fourth-order valence-corrected chi connectivity index (χ4v) is 4.96. The van der Waals surface area contributed by atoms with Crippen LogP contribution < -0.4 is 0 Å². The van der Waals surface area contributed by atoms with Gasteiger partial charge in [0.1, 0.15) is 5.75 Å². The van der Waals surface area contributed by atoms with Crippen molar-refractivity contribution in [2.75, 3.05) is 6.61 Å². The number of phenols is 1. The van der Waals surface area contributed by atoms with E-state index in [1.54, 1.807) is 25.1 Å². The molecule has 3 aromatic rings. The number of rotatable bonds is 4. The lowest BCUT2D eigenvalue weighted by atomic mass is 9.62. The molecule has 0 saturated heterocycles. The van der Waals surface area contributed by atoms with Crippen molar-refractivity contribution in [2.45, 2.75) is 65.2 Å². The number of esters is 1. The standard InChI is InChI=1S/C30H34O3/c1-7-33-28(32)21-10-8-20(9-11-21)22-12-13-27(31)24(17-22)23-18-26-25(16-19(23)2)29(3,4)14-15-30(26,5)6/h8-13,16-18,31H,7,14-15H2,1-6H3. The van der Waals surface area contributed by atoms with E-state index in [2.05, 4.69) is 46.8 Å². The molecule has 1 aliphatic carbocycles. The van der Waals surface area contributed by atoms with E-state index in [4.69, 9.17) is 4.74 Å². The van der Waals surface area contributed by atoms with Gasteiger partial charge in [0.15, 0.2) is 0 Å². The predicted molar refractivity (Wildman–Crippen MR) is 135 cm³/mol. The van der Waals surface area contributed by atoms with Crippen LogP contribution >= 0.6 is 0 Å². The molecule has 172 valence electrons. The third-order valence-electron chi connectivity index (χ3n) is 7.21. The molecule has 3 nitrogen and oxygen atoms in total. The van der Waals surface area contributed by atoms with Gasteiger partial charge in [0.25, 0.3) is 0 Å². The van der Waals surface area contributed by atoms with Crippen molar-refractivity contribution >= 4 is 5.97 Å². The van der Waals surface area contributed by atoms with E-state index in [1.165, 1.54) is 23.1 Å². The highest BCUT2D eigenvalue weighted by Crippen LogP contribution is 2.48. The summed E-state index contributed by atoms with van der Waals surface area (Å²) in [6.45, 7) is 13.6. The highest BCUT2D eigenvalue weighted by atomic mass is 16.5. The Kier molecular flexibility index (Phi) is 5.86. The monoisotopic (exact) mass is 442 g/mol. The summed E-state index contributed by atoms with van der Waals surface area (Å²) in [6.07, 6.45) is 2.32. The molecule has 0 radical (unpaired) electrons. The van der Waals surface area contributed by atoms with Gasteiger partial charge in [-0.2, -0.15) is 0 Å². The number of carbonyl (C=O) groups is 1. The Bertz CT molecular complexity index is 1200. The molecular formula is C30H34O3. The van der Waals surface area contributed by atoms with Gasteiger partial charge in [-0.05, 0) is 101 Å². The molecule has 0 atom stereocenters. The molecular weight excluding hydrogens is 408 g/mol. The van der Waals surface area contributed by atoms with Crippen LogP contribution in [0.15, 0.2) is 54.6 Å². The van der Waals surface area contributed by atoms with Crippen molar-refractivity contribution in [1.29, 1.82) is 0 Å². The van der Waals surface area contributed by atoms with Crippen molar-refractivity contribution in [2.24, 2.45) is 0 Å². The number of benzene rings is 3. The fraction of sp³-hybridized carbons (Fsp3) is 0.367. The minimum atomic E-state index is -0.314. The van der Waals surface area contributed by atoms with E-state index in [1.807, 2.05) is 24.3 Å². The van der Waals surface area contributed by atoms with E-state index < -0.39 is 0 Å². The summed E-state index contributed by atoms with van der Waals surface area (Å²) < 4.78 is 5.08. The molecule has 33 heavy (non-hydrogen) atoms. The normalized spacial score (nSPS) is 16.2. The second-order valence-electron chi connectivity index (χ2n) is 10.5. The number of hydrogen-bond acceptors (Lipinski definition) is 3. The zero-order valence-electron chi connectivity index (χ0n) is 20.6. The maximum Gasteiger partial charge on any atom is 0.338 e. The molecule has 0 aromatic heterocycles. The highest BCUT2D eigenvalue weighted by molar-refractivity contribution is 5.90. The molecule has 0 unspecified atom stereocenters. The second kappa shape index (κ2) is 8.37. The summed E-state index contributed by atoms with van der Waals surface area (Å²) in [4.78, 5) is 12.0. The molecule has 0 heterocycles. The van der Waals surface area contributed by atoms with Crippen molar-refractivity contribution in [3.05, 3.63) is 76.9 Å². The minimum absolute atomic E-state index is 0.101. The molecule has 0 saturated carbocycles. The minimum Gasteiger partial charge on any atom is -0.507 e. The number of aromatic hydroxyl groups is 1. The van der Waals surface area contributed by atoms with Crippen LogP contribution in [0.5, 0.6) is 5.75 Å². The SMILES string of the molecule is CCOC(=O)c1ccc(-c2ccc(O)c(-c3cc4c(cc3C)C(C)(C)CCC4(C)C)c2)cc1. The summed E-state index contributed by atoms with van der Waals surface area (Å²) >= 11 is 0. The van der Waals surface area contributed by atoms with E-state index in [-0.39, 0.29) is 22.5 Å². The molecule has 3 aromatic carbocycles. The largest absolute Gasteiger partial charge is 0.507 e. The van der Waals surface area contributed by atoms with Crippen LogP contribution in [-0.4, -0.2) is 17.7 Å². The quantitative estimate of drug-likeness (QED) is 0.424. The second-order valence-corrected chi connectivity index (χ2v) is 10.5. The van der Waals surface area contributed by atoms with Gasteiger partial charge in [0, 0.05) is 5.56 Å². The average molecular weight is 443 g/mol. The Hall–Kier alpha value is -3.07. The first kappa shape index (κ1) is 23.1. The number of aryl methyl sites for hydroxylation is 1. The Morgan fingerprint density at radius 3 is 2.03 bits per heavy atom. The van der Waals surface area contributed by atoms with Gasteiger partial charge in [0.2, 0.25) is 0 Å². The molecule has 0 bridgehead atoms. The van der Waals surface area contributed by atoms with Crippen LogP contribution in [0.4, 0.5) is 0 Å². The van der Waals surface area contributed by atoms with Crippen LogP contribution in [0.1, 0.15) is 74.5 Å². The van der Waals surface area contributed by atoms with Gasteiger partial charge in [-0.1, -0.05) is 52.0 Å². The molecule has 4 rings (SSSR count). The van der Waals surface area contributed by atoms with Crippen molar-refractivity contribution < 1.29 is 14.6 Å². The number of fused-ring (bicyclic) bond motifs is 1. The average Bonchev–Trinajstić information content (AvgIpc) is 2.78. The zero-order chi connectivity index (χ0) is 24.0. The van der Waals surface area contributed by atoms with E-state index in [0.29, 0.717) is 12.2 Å². The third kappa shape index (κ3) is 4.29. The van der Waals surface area contributed by atoms with E-state index in [0.717, 1.165) is 28.7 Å². The summed E-state index contributed by atoms with van der Waals surface area (Å²) in [5.41, 5.74) is 8.65. The number of ether oxygens (including phenoxy) is 1. The fourth-order valence-electron chi connectivity index (χ4n) is 4.96. The van der Waals surface area contributed by atoms with Gasteiger partial charge in [-0.3, -0.25) is 0 Å². The lowest BCUT2D eigenvalue weighted by Gasteiger charge is -2.42. The topological polar surface area (TPSA) is 46.5 Å². The molecule has 0 amide bonds. The van der Waals surface area contributed by atoms with Gasteiger partial charge in [-0.25, -0.2) is 4.79 Å². The Labute approximate surface area is 197 Å². The first-order valence-corrected chi connectivity index (χ1v) is 11.8. The van der Waals surface area contributed by atoms with E-state index in [9.17, 15) is 9.90 Å². The Morgan fingerprint density at radius 2 is 1.42 bits per heavy atom. The van der Waals surface area contributed by atoms with Gasteiger partial charge >= 0.3 is 5.97 Å². The zero-order valence-corrected chi connectivity index (χ0v) is 20.6. The molecule has 0 fully saturated rings. The Morgan fingerprint density at radius 1 is 0.848 bits per heavy atom. The van der Waals surface area contributed by atoms with Crippen LogP contribution in [-0.2, 0) is 15.6 Å². The molecule has 3 heteroatoms. The molecule has 1 N–H and O–H groups in total. The molecule has 1 aliphatic rings. The van der Waals surface area contributed by atoms with Gasteiger partial charge in [0.05, 0.1) is 12.2 Å². The van der Waals surface area contributed by atoms with Gasteiger partial charge in [-0.15, -0.1) is 0 Å². The molecule has 0 spiro atoms. The summed E-state index contributed by atoms with van der Waals surface area (Å²) in [7, 11) is 0. The first-order valence-electron chi connectivity index (χ1n) is 11.8. The van der Waals surface area contributed by atoms with Crippen LogP contribution in [0.25, 0.3) is 22.3 Å². The lowest BCUT2D eigenvalue weighted by Crippen LogP contribution is -2.34.